The van der Waals surface area contributed by atoms with Crippen molar-refractivity contribution in [2.24, 2.45) is 0 Å². The molecule has 26 heavy (non-hydrogen) atoms. The normalized spacial score (nSPS) is 16.2. The van der Waals surface area contributed by atoms with E-state index < -0.39 is 0 Å². The number of anilines is 2. The Hall–Kier alpha value is -2.38. The van der Waals surface area contributed by atoms with E-state index in [1.807, 2.05) is 0 Å². The summed E-state index contributed by atoms with van der Waals surface area (Å²) >= 11 is 3.37. The lowest BCUT2D eigenvalue weighted by molar-refractivity contribution is -0.124. The minimum Gasteiger partial charge on any atom is -0.497 e. The molecular weight excluding hydrogens is 400 g/mol. The maximum atomic E-state index is 12.5. The number of amides is 2. The third-order valence-electron chi connectivity index (χ3n) is 4.05. The van der Waals surface area contributed by atoms with Crippen molar-refractivity contribution in [3.05, 3.63) is 52.5 Å². The highest BCUT2D eigenvalue weighted by Crippen LogP contribution is 2.24. The standard InChI is InChI=1S/C19H19BrN2O4/c1-25-14-8-9-16(20)15(11-14)18(23)21-12-4-6-13(7-5-12)22-19(24)17-3-2-10-26-17/h4-9,11,17H,2-3,10H2,1H3,(H,21,23)(H,22,24)/t17-/m0/s1. The predicted octanol–water partition coefficient (Wildman–Crippen LogP) is 3.83. The Morgan fingerprint density at radius 1 is 1.12 bits per heavy atom. The van der Waals surface area contributed by atoms with Crippen LogP contribution in [0, 0.1) is 0 Å². The number of ether oxygens (including phenoxy) is 2. The van der Waals surface area contributed by atoms with Gasteiger partial charge in [-0.05, 0) is 71.2 Å². The van der Waals surface area contributed by atoms with Gasteiger partial charge in [0.2, 0.25) is 0 Å². The van der Waals surface area contributed by atoms with E-state index >= 15 is 0 Å². The van der Waals surface area contributed by atoms with Gasteiger partial charge in [0.25, 0.3) is 11.8 Å². The molecule has 2 N–H and O–H groups in total. The van der Waals surface area contributed by atoms with Crippen LogP contribution in [0.1, 0.15) is 23.2 Å². The van der Waals surface area contributed by atoms with Gasteiger partial charge in [-0.15, -0.1) is 0 Å². The number of carbonyl (C=O) groups excluding carboxylic acids is 2. The fraction of sp³-hybridized carbons (Fsp3) is 0.263. The fourth-order valence-corrected chi connectivity index (χ4v) is 3.07. The zero-order valence-corrected chi connectivity index (χ0v) is 15.8. The van der Waals surface area contributed by atoms with Crippen molar-refractivity contribution in [2.45, 2.75) is 18.9 Å². The number of methoxy groups -OCH3 is 1. The molecule has 0 saturated carbocycles. The first kappa shape index (κ1) is 18.4. The van der Waals surface area contributed by atoms with Crippen LogP contribution in [-0.4, -0.2) is 31.6 Å². The lowest BCUT2D eigenvalue weighted by atomic mass is 10.2. The molecule has 0 aromatic heterocycles. The zero-order valence-electron chi connectivity index (χ0n) is 14.3. The molecule has 1 atom stereocenters. The van der Waals surface area contributed by atoms with Gasteiger partial charge in [0.05, 0.1) is 12.7 Å². The molecule has 1 fully saturated rings. The quantitative estimate of drug-likeness (QED) is 0.773. The molecule has 0 spiro atoms. The van der Waals surface area contributed by atoms with Gasteiger partial charge < -0.3 is 20.1 Å². The van der Waals surface area contributed by atoms with Crippen LogP contribution in [0.5, 0.6) is 5.75 Å². The summed E-state index contributed by atoms with van der Waals surface area (Å²) in [6.45, 7) is 0.628. The van der Waals surface area contributed by atoms with E-state index in [1.165, 1.54) is 0 Å². The Labute approximate surface area is 160 Å². The van der Waals surface area contributed by atoms with Crippen LogP contribution in [-0.2, 0) is 9.53 Å². The highest BCUT2D eigenvalue weighted by Gasteiger charge is 2.23. The topological polar surface area (TPSA) is 76.7 Å². The largest absolute Gasteiger partial charge is 0.497 e. The van der Waals surface area contributed by atoms with Crippen LogP contribution in [0.3, 0.4) is 0 Å². The van der Waals surface area contributed by atoms with E-state index in [0.717, 1.165) is 12.8 Å². The molecule has 0 aliphatic carbocycles. The van der Waals surface area contributed by atoms with Crippen LogP contribution >= 0.6 is 15.9 Å². The molecule has 2 aromatic rings. The second kappa shape index (κ2) is 8.33. The molecule has 3 rings (SSSR count). The molecular formula is C19H19BrN2O4. The van der Waals surface area contributed by atoms with E-state index in [1.54, 1.807) is 49.6 Å². The third-order valence-corrected chi connectivity index (χ3v) is 4.74. The monoisotopic (exact) mass is 418 g/mol. The minimum absolute atomic E-state index is 0.139. The molecule has 7 heteroatoms. The lowest BCUT2D eigenvalue weighted by Gasteiger charge is -2.12. The number of hydrogen-bond donors (Lipinski definition) is 2. The maximum absolute atomic E-state index is 12.5. The Balaban J connectivity index is 1.63. The average molecular weight is 419 g/mol. The van der Waals surface area contributed by atoms with Crippen LogP contribution in [0.4, 0.5) is 11.4 Å². The number of halogens is 1. The Kier molecular flexibility index (Phi) is 5.90. The first-order chi connectivity index (χ1) is 12.6. The van der Waals surface area contributed by atoms with Crippen molar-refractivity contribution in [1.29, 1.82) is 0 Å². The zero-order chi connectivity index (χ0) is 18.5. The molecule has 6 nitrogen and oxygen atoms in total. The van der Waals surface area contributed by atoms with Gasteiger partial charge in [-0.25, -0.2) is 0 Å². The van der Waals surface area contributed by atoms with Crippen molar-refractivity contribution in [1.82, 2.24) is 0 Å². The number of benzene rings is 2. The molecule has 0 unspecified atom stereocenters. The second-order valence-electron chi connectivity index (χ2n) is 5.87. The molecule has 1 saturated heterocycles. The maximum Gasteiger partial charge on any atom is 0.256 e. The highest BCUT2D eigenvalue weighted by molar-refractivity contribution is 9.10. The van der Waals surface area contributed by atoms with Crippen molar-refractivity contribution >= 4 is 39.1 Å². The first-order valence-electron chi connectivity index (χ1n) is 8.24. The number of carbonyl (C=O) groups is 2. The molecule has 0 radical (unpaired) electrons. The molecule has 1 aliphatic rings. The highest BCUT2D eigenvalue weighted by atomic mass is 79.9. The van der Waals surface area contributed by atoms with Crippen LogP contribution in [0.15, 0.2) is 46.9 Å². The van der Waals surface area contributed by atoms with Gasteiger partial charge in [-0.3, -0.25) is 9.59 Å². The summed E-state index contributed by atoms with van der Waals surface area (Å²) in [6.07, 6.45) is 1.28. The number of rotatable bonds is 5. The fourth-order valence-electron chi connectivity index (χ4n) is 2.65. The smallest absolute Gasteiger partial charge is 0.256 e. The van der Waals surface area contributed by atoms with Crippen molar-refractivity contribution in [3.63, 3.8) is 0 Å². The van der Waals surface area contributed by atoms with E-state index in [2.05, 4.69) is 26.6 Å². The summed E-state index contributed by atoms with van der Waals surface area (Å²) in [5.74, 6) is 0.206. The third kappa shape index (κ3) is 4.42. The van der Waals surface area contributed by atoms with E-state index in [-0.39, 0.29) is 17.9 Å². The minimum atomic E-state index is -0.375. The Bertz CT molecular complexity index is 802. The summed E-state index contributed by atoms with van der Waals surface area (Å²) in [7, 11) is 1.55. The number of hydrogen-bond acceptors (Lipinski definition) is 4. The second-order valence-corrected chi connectivity index (χ2v) is 6.72. The van der Waals surface area contributed by atoms with Crippen LogP contribution in [0.25, 0.3) is 0 Å². The Morgan fingerprint density at radius 3 is 2.42 bits per heavy atom. The van der Waals surface area contributed by atoms with Crippen molar-refractivity contribution in [2.75, 3.05) is 24.4 Å². The van der Waals surface area contributed by atoms with Crippen LogP contribution < -0.4 is 15.4 Å². The SMILES string of the molecule is COc1ccc(Br)c(C(=O)Nc2ccc(NC(=O)[C@@H]3CCCO3)cc2)c1. The van der Waals surface area contributed by atoms with Gasteiger partial charge in [0, 0.05) is 22.5 Å². The van der Waals surface area contributed by atoms with Gasteiger partial charge in [-0.1, -0.05) is 0 Å². The Morgan fingerprint density at radius 2 is 1.81 bits per heavy atom. The summed E-state index contributed by atoms with van der Waals surface area (Å²) in [5.41, 5.74) is 1.76. The average Bonchev–Trinajstić information content (AvgIpc) is 3.18. The first-order valence-corrected chi connectivity index (χ1v) is 9.03. The van der Waals surface area contributed by atoms with E-state index in [0.29, 0.717) is 33.8 Å². The van der Waals surface area contributed by atoms with Gasteiger partial charge >= 0.3 is 0 Å². The molecule has 1 heterocycles. The van der Waals surface area contributed by atoms with Crippen LogP contribution in [0.2, 0.25) is 0 Å². The molecule has 2 aromatic carbocycles. The lowest BCUT2D eigenvalue weighted by Crippen LogP contribution is -2.26. The number of nitrogens with one attached hydrogen (secondary N) is 2. The summed E-state index contributed by atoms with van der Waals surface area (Å²) in [4.78, 5) is 24.5. The summed E-state index contributed by atoms with van der Waals surface area (Å²) in [6, 6.07) is 12.1. The van der Waals surface area contributed by atoms with Gasteiger partial charge in [0.15, 0.2) is 0 Å². The molecule has 1 aliphatic heterocycles. The van der Waals surface area contributed by atoms with Gasteiger partial charge in [-0.2, -0.15) is 0 Å². The van der Waals surface area contributed by atoms with E-state index in [9.17, 15) is 9.59 Å². The molecule has 2 amide bonds. The van der Waals surface area contributed by atoms with Crippen molar-refractivity contribution in [3.8, 4) is 5.75 Å². The van der Waals surface area contributed by atoms with E-state index in [4.69, 9.17) is 9.47 Å². The van der Waals surface area contributed by atoms with Gasteiger partial charge in [0.1, 0.15) is 11.9 Å². The predicted molar refractivity (Wildman–Crippen MR) is 103 cm³/mol. The summed E-state index contributed by atoms with van der Waals surface area (Å²) in [5, 5.41) is 5.64. The summed E-state index contributed by atoms with van der Waals surface area (Å²) < 4.78 is 11.2. The molecule has 136 valence electrons. The molecule has 0 bridgehead atoms. The van der Waals surface area contributed by atoms with Crippen molar-refractivity contribution < 1.29 is 19.1 Å².